The van der Waals surface area contributed by atoms with Crippen molar-refractivity contribution in [1.82, 2.24) is 5.32 Å². The quantitative estimate of drug-likeness (QED) is 0.841. The number of anilines is 1. The Balaban J connectivity index is 1.95. The SMILES string of the molecule is CC(CC1CCCCCN1)Nc1c(F)cc(F)cc1Br. The summed E-state index contributed by atoms with van der Waals surface area (Å²) in [4.78, 5) is 0. The second kappa shape index (κ2) is 7.36. The molecule has 2 N–H and O–H groups in total. The lowest BCUT2D eigenvalue weighted by atomic mass is 10.0. The molecular formula is C15H21BrF2N2. The van der Waals surface area contributed by atoms with Gasteiger partial charge in [0.25, 0.3) is 0 Å². The molecule has 5 heteroatoms. The summed E-state index contributed by atoms with van der Waals surface area (Å²) in [6.45, 7) is 3.09. The third kappa shape index (κ3) is 4.42. The van der Waals surface area contributed by atoms with Gasteiger partial charge in [0.2, 0.25) is 0 Å². The number of nitrogens with one attached hydrogen (secondary N) is 2. The Kier molecular flexibility index (Phi) is 5.78. The van der Waals surface area contributed by atoms with E-state index in [1.54, 1.807) is 0 Å². The summed E-state index contributed by atoms with van der Waals surface area (Å²) < 4.78 is 27.2. The Labute approximate surface area is 127 Å². The van der Waals surface area contributed by atoms with Crippen molar-refractivity contribution in [3.8, 4) is 0 Å². The highest BCUT2D eigenvalue weighted by Crippen LogP contribution is 2.28. The van der Waals surface area contributed by atoms with Gasteiger partial charge in [-0.15, -0.1) is 0 Å². The minimum absolute atomic E-state index is 0.127. The maximum atomic E-state index is 13.8. The van der Waals surface area contributed by atoms with E-state index in [2.05, 4.69) is 26.6 Å². The lowest BCUT2D eigenvalue weighted by Gasteiger charge is -2.23. The molecule has 1 aliphatic rings. The summed E-state index contributed by atoms with van der Waals surface area (Å²) >= 11 is 3.21. The van der Waals surface area contributed by atoms with Crippen molar-refractivity contribution in [2.75, 3.05) is 11.9 Å². The first kappa shape index (κ1) is 15.7. The van der Waals surface area contributed by atoms with Gasteiger partial charge in [0, 0.05) is 22.6 Å². The lowest BCUT2D eigenvalue weighted by molar-refractivity contribution is 0.455. The molecule has 0 spiro atoms. The van der Waals surface area contributed by atoms with Crippen LogP contribution in [0, 0.1) is 11.6 Å². The van der Waals surface area contributed by atoms with Gasteiger partial charge in [-0.05, 0) is 54.7 Å². The molecule has 1 fully saturated rings. The van der Waals surface area contributed by atoms with E-state index >= 15 is 0 Å². The average molecular weight is 347 g/mol. The largest absolute Gasteiger partial charge is 0.379 e. The summed E-state index contributed by atoms with van der Waals surface area (Å²) in [5, 5.41) is 6.68. The van der Waals surface area contributed by atoms with E-state index in [1.807, 2.05) is 6.92 Å². The van der Waals surface area contributed by atoms with Crippen LogP contribution in [0.25, 0.3) is 0 Å². The van der Waals surface area contributed by atoms with Gasteiger partial charge in [-0.2, -0.15) is 0 Å². The van der Waals surface area contributed by atoms with Crippen molar-refractivity contribution in [1.29, 1.82) is 0 Å². The van der Waals surface area contributed by atoms with Crippen LogP contribution in [0.15, 0.2) is 16.6 Å². The Morgan fingerprint density at radius 2 is 2.15 bits per heavy atom. The third-order valence-electron chi connectivity index (χ3n) is 3.70. The van der Waals surface area contributed by atoms with Gasteiger partial charge in [0.1, 0.15) is 11.6 Å². The minimum atomic E-state index is -0.571. The van der Waals surface area contributed by atoms with Crippen LogP contribution in [-0.2, 0) is 0 Å². The van der Waals surface area contributed by atoms with E-state index in [1.165, 1.54) is 31.7 Å². The van der Waals surface area contributed by atoms with Crippen LogP contribution >= 0.6 is 15.9 Å². The first-order chi connectivity index (χ1) is 9.56. The van der Waals surface area contributed by atoms with Gasteiger partial charge in [-0.1, -0.05) is 12.8 Å². The van der Waals surface area contributed by atoms with Crippen LogP contribution in [0.4, 0.5) is 14.5 Å². The number of hydrogen-bond acceptors (Lipinski definition) is 2. The van der Waals surface area contributed by atoms with Crippen LogP contribution < -0.4 is 10.6 Å². The predicted molar refractivity (Wildman–Crippen MR) is 82.0 cm³/mol. The third-order valence-corrected chi connectivity index (χ3v) is 4.32. The normalized spacial score (nSPS) is 21.3. The summed E-state index contributed by atoms with van der Waals surface area (Å²) in [5.41, 5.74) is 0.340. The molecule has 2 rings (SSSR count). The van der Waals surface area contributed by atoms with Crippen LogP contribution in [0.3, 0.4) is 0 Å². The van der Waals surface area contributed by atoms with E-state index in [0.717, 1.165) is 19.0 Å². The van der Waals surface area contributed by atoms with Crippen LogP contribution in [-0.4, -0.2) is 18.6 Å². The fourth-order valence-electron chi connectivity index (χ4n) is 2.71. The first-order valence-electron chi connectivity index (χ1n) is 7.20. The average Bonchev–Trinajstić information content (AvgIpc) is 2.62. The van der Waals surface area contributed by atoms with E-state index in [9.17, 15) is 8.78 Å². The zero-order valence-corrected chi connectivity index (χ0v) is 13.3. The second-order valence-corrected chi connectivity index (χ2v) is 6.38. The van der Waals surface area contributed by atoms with Gasteiger partial charge >= 0.3 is 0 Å². The molecule has 2 atom stereocenters. The van der Waals surface area contributed by atoms with Gasteiger partial charge in [-0.25, -0.2) is 8.78 Å². The van der Waals surface area contributed by atoms with Crippen molar-refractivity contribution in [3.05, 3.63) is 28.2 Å². The smallest absolute Gasteiger partial charge is 0.150 e. The fourth-order valence-corrected chi connectivity index (χ4v) is 3.24. The standard InChI is InChI=1S/C15H21BrF2N2/c1-10(7-12-5-3-2-4-6-19-12)20-15-13(16)8-11(17)9-14(15)18/h8-10,12,19-20H,2-7H2,1H3. The number of hydrogen-bond donors (Lipinski definition) is 2. The molecule has 1 aliphatic heterocycles. The second-order valence-electron chi connectivity index (χ2n) is 5.53. The van der Waals surface area contributed by atoms with Gasteiger partial charge in [0.15, 0.2) is 0 Å². The molecule has 0 bridgehead atoms. The van der Waals surface area contributed by atoms with Gasteiger partial charge in [-0.3, -0.25) is 0 Å². The van der Waals surface area contributed by atoms with Gasteiger partial charge < -0.3 is 10.6 Å². The maximum absolute atomic E-state index is 13.8. The minimum Gasteiger partial charge on any atom is -0.379 e. The van der Waals surface area contributed by atoms with Crippen molar-refractivity contribution in [3.63, 3.8) is 0 Å². The number of benzene rings is 1. The maximum Gasteiger partial charge on any atom is 0.150 e. The zero-order valence-electron chi connectivity index (χ0n) is 11.7. The molecule has 0 radical (unpaired) electrons. The van der Waals surface area contributed by atoms with Crippen molar-refractivity contribution < 1.29 is 8.78 Å². The Bertz CT molecular complexity index is 422. The molecule has 1 saturated heterocycles. The molecule has 1 heterocycles. The molecule has 0 aliphatic carbocycles. The molecule has 1 aromatic rings. The van der Waals surface area contributed by atoms with E-state index in [0.29, 0.717) is 16.2 Å². The van der Waals surface area contributed by atoms with Crippen molar-refractivity contribution >= 4 is 21.6 Å². The molecule has 2 nitrogen and oxygen atoms in total. The highest BCUT2D eigenvalue weighted by Gasteiger charge is 2.17. The molecule has 0 saturated carbocycles. The molecule has 2 unspecified atom stereocenters. The highest BCUT2D eigenvalue weighted by molar-refractivity contribution is 9.10. The molecule has 0 amide bonds. The Morgan fingerprint density at radius 1 is 1.35 bits per heavy atom. The number of halogens is 3. The molecule has 0 aromatic heterocycles. The Hall–Kier alpha value is -0.680. The van der Waals surface area contributed by atoms with E-state index < -0.39 is 11.6 Å². The summed E-state index contributed by atoms with van der Waals surface area (Å²) in [7, 11) is 0. The summed E-state index contributed by atoms with van der Waals surface area (Å²) in [5.74, 6) is -1.13. The predicted octanol–water partition coefficient (Wildman–Crippen LogP) is 4.45. The molecule has 20 heavy (non-hydrogen) atoms. The first-order valence-corrected chi connectivity index (χ1v) is 8.00. The lowest BCUT2D eigenvalue weighted by Crippen LogP contribution is -2.33. The number of rotatable bonds is 4. The molecular weight excluding hydrogens is 326 g/mol. The highest BCUT2D eigenvalue weighted by atomic mass is 79.9. The monoisotopic (exact) mass is 346 g/mol. The zero-order chi connectivity index (χ0) is 14.5. The summed E-state index contributed by atoms with van der Waals surface area (Å²) in [6.07, 6.45) is 5.86. The Morgan fingerprint density at radius 3 is 2.90 bits per heavy atom. The van der Waals surface area contributed by atoms with Crippen LogP contribution in [0.5, 0.6) is 0 Å². The van der Waals surface area contributed by atoms with Crippen molar-refractivity contribution in [2.45, 2.75) is 51.1 Å². The fraction of sp³-hybridized carbons (Fsp3) is 0.600. The van der Waals surface area contributed by atoms with E-state index in [-0.39, 0.29) is 6.04 Å². The topological polar surface area (TPSA) is 24.1 Å². The molecule has 1 aromatic carbocycles. The van der Waals surface area contributed by atoms with Crippen LogP contribution in [0.2, 0.25) is 0 Å². The van der Waals surface area contributed by atoms with E-state index in [4.69, 9.17) is 0 Å². The summed E-state index contributed by atoms with van der Waals surface area (Å²) in [6, 6.07) is 2.79. The van der Waals surface area contributed by atoms with Gasteiger partial charge in [0.05, 0.1) is 5.69 Å². The van der Waals surface area contributed by atoms with Crippen LogP contribution in [0.1, 0.15) is 39.0 Å². The van der Waals surface area contributed by atoms with Crippen molar-refractivity contribution in [2.24, 2.45) is 0 Å². The molecule has 112 valence electrons.